The highest BCUT2D eigenvalue weighted by molar-refractivity contribution is 5.68. The van der Waals surface area contributed by atoms with E-state index in [1.807, 2.05) is 0 Å². The molecule has 0 aliphatic carbocycles. The van der Waals surface area contributed by atoms with Gasteiger partial charge in [0, 0.05) is 33.4 Å². The molecule has 0 unspecified atom stereocenters. The number of alkyl halides is 6. The lowest BCUT2D eigenvalue weighted by Crippen LogP contribution is -2.57. The van der Waals surface area contributed by atoms with Crippen LogP contribution in [0.5, 0.6) is 0 Å². The third-order valence-corrected chi connectivity index (χ3v) is 12.1. The van der Waals surface area contributed by atoms with Gasteiger partial charge in [0.2, 0.25) is 5.41 Å². The van der Waals surface area contributed by atoms with Crippen molar-refractivity contribution in [1.82, 2.24) is 0 Å². The monoisotopic (exact) mass is 1180 g/mol. The number of aryl methyl sites for hydroxylation is 2. The molecule has 0 bridgehead atoms. The van der Waals surface area contributed by atoms with E-state index >= 15 is 0 Å². The smallest absolute Gasteiger partial charge is 0.203 e. The average Bonchev–Trinajstić information content (AvgIpc) is 3.40. The number of halogens is 26. The Hall–Kier alpha value is -7.28. The van der Waals surface area contributed by atoms with Crippen molar-refractivity contribution in [2.24, 2.45) is 0 Å². The zero-order valence-corrected chi connectivity index (χ0v) is 41.7. The van der Waals surface area contributed by atoms with Gasteiger partial charge in [0.05, 0.1) is 22.3 Å². The van der Waals surface area contributed by atoms with Crippen LogP contribution >= 0.6 is 0 Å². The van der Waals surface area contributed by atoms with Crippen LogP contribution < -0.4 is 0 Å². The van der Waals surface area contributed by atoms with Gasteiger partial charge >= 0.3 is 12.4 Å². The summed E-state index contributed by atoms with van der Waals surface area (Å²) in [6, 6.07) is 17.5. The second-order valence-corrected chi connectivity index (χ2v) is 17.4. The summed E-state index contributed by atoms with van der Waals surface area (Å²) in [6.07, 6.45) is -13.4. The zero-order valence-electron chi connectivity index (χ0n) is 41.7. The molecule has 0 spiro atoms. The fraction of sp³-hybridized carbons (Fsp3) is 0.222. The molecule has 0 N–H and O–H groups in total. The molecule has 26 heteroatoms. The zero-order chi connectivity index (χ0) is 61.5. The van der Waals surface area contributed by atoms with E-state index in [9.17, 15) is 114 Å². The summed E-state index contributed by atoms with van der Waals surface area (Å²) >= 11 is 0. The van der Waals surface area contributed by atoms with Crippen LogP contribution in [-0.2, 0) is 11.8 Å². The highest BCUT2D eigenvalue weighted by atomic mass is 19.4. The van der Waals surface area contributed by atoms with Crippen molar-refractivity contribution >= 4 is 0 Å². The lowest BCUT2D eigenvalue weighted by molar-refractivity contribution is -0.291. The van der Waals surface area contributed by atoms with E-state index in [1.165, 1.54) is 22.3 Å². The molecule has 0 aromatic heterocycles. The third-order valence-electron chi connectivity index (χ3n) is 12.1. The molecule has 0 radical (unpaired) electrons. The Kier molecular flexibility index (Phi) is 19.7. The van der Waals surface area contributed by atoms with Gasteiger partial charge in [-0.05, 0) is 72.9 Å². The topological polar surface area (TPSA) is 0 Å². The van der Waals surface area contributed by atoms with Gasteiger partial charge in [-0.15, -0.1) is 0 Å². The maximum atomic E-state index is 14.3. The van der Waals surface area contributed by atoms with Crippen molar-refractivity contribution in [2.45, 2.75) is 79.6 Å². The summed E-state index contributed by atoms with van der Waals surface area (Å²) in [4.78, 5) is 0. The van der Waals surface area contributed by atoms with Crippen LogP contribution in [0.2, 0.25) is 0 Å². The number of rotatable bonds is 5. The molecule has 0 atom stereocenters. The molecule has 0 nitrogen and oxygen atoms in total. The number of hydrogen-bond donors (Lipinski definition) is 0. The van der Waals surface area contributed by atoms with E-state index < -0.39 is 190 Å². The molecule has 0 aliphatic heterocycles. The predicted octanol–water partition coefficient (Wildman–Crippen LogP) is 18.7. The van der Waals surface area contributed by atoms with Gasteiger partial charge in [-0.25, -0.2) is 87.8 Å². The molecule has 0 fully saturated rings. The Morgan fingerprint density at radius 1 is 0.237 bits per heavy atom. The normalized spacial score (nSPS) is 11.7. The largest absolute Gasteiger partial charge is 0.411 e. The average molecular weight is 1180 g/mol. The standard InChI is InChI=1S/C17H6F14.C15H16.C14H6F8.C8H6F4/c1-3-7(18)11(22)5(12(23)8(3)19)15(16(26,27)28,17(29,30)31)6-13(24)9(20)4(2)10(21)14(6)25;1-12-3-7-14(8-4-12)11-15-9-5-13(2)6-10-15;1-3-7(15)11(19)5(12(20)8(3)16)6-13(21)9(17)4(2)10(18)14(6)22;1-3-5(9)7(11)4(2)8(12)6(3)10/h1-2H3;3-10H,11H2,1-2H3;1-2H3;1-2H3. The first-order valence-corrected chi connectivity index (χ1v) is 22.0. The van der Waals surface area contributed by atoms with Crippen molar-refractivity contribution in [2.75, 3.05) is 0 Å². The molecule has 0 heterocycles. The maximum absolute atomic E-state index is 14.3. The highest BCUT2D eigenvalue weighted by Gasteiger charge is 2.77. The minimum atomic E-state index is -7.23. The second kappa shape index (κ2) is 24.2. The van der Waals surface area contributed by atoms with E-state index in [4.69, 9.17) is 0 Å². The quantitative estimate of drug-likeness (QED) is 0.119. The lowest BCUT2D eigenvalue weighted by atomic mass is 9.71. The Morgan fingerprint density at radius 2 is 0.400 bits per heavy atom. The molecule has 0 saturated heterocycles. The minimum Gasteiger partial charge on any atom is -0.203 e. The van der Waals surface area contributed by atoms with Gasteiger partial charge in [0.15, 0.2) is 116 Å². The van der Waals surface area contributed by atoms with Crippen LogP contribution in [0, 0.1) is 172 Å². The van der Waals surface area contributed by atoms with Gasteiger partial charge in [-0.3, -0.25) is 0 Å². The molecule has 80 heavy (non-hydrogen) atoms. The molecule has 0 aliphatic rings. The van der Waals surface area contributed by atoms with Crippen molar-refractivity contribution < 1.29 is 114 Å². The van der Waals surface area contributed by atoms with Crippen molar-refractivity contribution in [3.63, 3.8) is 0 Å². The molecule has 0 amide bonds. The van der Waals surface area contributed by atoms with Crippen LogP contribution in [-0.4, -0.2) is 12.4 Å². The van der Waals surface area contributed by atoms with E-state index in [1.54, 1.807) is 0 Å². The minimum absolute atomic E-state index is 0.232. The summed E-state index contributed by atoms with van der Waals surface area (Å²) in [5.41, 5.74) is -18.9. The van der Waals surface area contributed by atoms with Crippen molar-refractivity contribution in [3.05, 3.63) is 232 Å². The van der Waals surface area contributed by atoms with E-state index in [0.29, 0.717) is 13.8 Å². The highest BCUT2D eigenvalue weighted by Crippen LogP contribution is 2.59. The van der Waals surface area contributed by atoms with Gasteiger partial charge in [0.1, 0.15) is 0 Å². The predicted molar refractivity (Wildman–Crippen MR) is 237 cm³/mol. The Labute approximate surface area is 435 Å². The van der Waals surface area contributed by atoms with Gasteiger partial charge in [-0.2, -0.15) is 26.3 Å². The Bertz CT molecular complexity index is 3080. The summed E-state index contributed by atoms with van der Waals surface area (Å²) in [7, 11) is 0. The molecule has 0 saturated carbocycles. The SMILES string of the molecule is Cc1c(F)c(F)c(-c2c(F)c(F)c(C)c(F)c2F)c(F)c1F.Cc1c(F)c(F)c(C(c2c(F)c(F)c(C)c(F)c2F)(C(F)(F)F)C(F)(F)F)c(F)c1F.Cc1c(F)c(F)c(C)c(F)c1F.Cc1ccc(Cc2ccc(C)cc2)cc1. The Balaban J connectivity index is 0.000000244. The molecule has 7 aromatic rings. The molecule has 7 rings (SSSR count). The van der Waals surface area contributed by atoms with Crippen LogP contribution in [0.25, 0.3) is 11.1 Å². The van der Waals surface area contributed by atoms with Crippen molar-refractivity contribution in [1.29, 1.82) is 0 Å². The first-order valence-electron chi connectivity index (χ1n) is 22.0. The van der Waals surface area contributed by atoms with E-state index in [0.717, 1.165) is 20.3 Å². The third kappa shape index (κ3) is 11.8. The van der Waals surface area contributed by atoms with Crippen LogP contribution in [0.3, 0.4) is 0 Å². The maximum Gasteiger partial charge on any atom is 0.411 e. The van der Waals surface area contributed by atoms with Crippen LogP contribution in [0.1, 0.15) is 66.8 Å². The van der Waals surface area contributed by atoms with E-state index in [2.05, 4.69) is 62.4 Å². The first-order chi connectivity index (χ1) is 36.7. The molecule has 432 valence electrons. The van der Waals surface area contributed by atoms with Crippen LogP contribution in [0.4, 0.5) is 114 Å². The van der Waals surface area contributed by atoms with Gasteiger partial charge < -0.3 is 0 Å². The number of hydrogen-bond acceptors (Lipinski definition) is 0. The number of benzene rings is 7. The Morgan fingerprint density at radius 3 is 0.575 bits per heavy atom. The summed E-state index contributed by atoms with van der Waals surface area (Å²) in [6.45, 7) is 8.04. The molecular formula is C54H34F26. The van der Waals surface area contributed by atoms with Gasteiger partial charge in [-0.1, -0.05) is 59.7 Å². The van der Waals surface area contributed by atoms with Crippen LogP contribution in [0.15, 0.2) is 48.5 Å². The van der Waals surface area contributed by atoms with Gasteiger partial charge in [0.25, 0.3) is 0 Å². The molecule has 7 aromatic carbocycles. The summed E-state index contributed by atoms with van der Waals surface area (Å²) in [5, 5.41) is 0. The summed E-state index contributed by atoms with van der Waals surface area (Å²) in [5.74, 6) is -46.0. The first kappa shape index (κ1) is 65.2. The lowest BCUT2D eigenvalue weighted by Gasteiger charge is -2.39. The fourth-order valence-corrected chi connectivity index (χ4v) is 7.41. The summed E-state index contributed by atoms with van der Waals surface area (Å²) < 4.78 is 355. The van der Waals surface area contributed by atoms with E-state index in [-0.39, 0.29) is 13.8 Å². The second-order valence-electron chi connectivity index (χ2n) is 17.4. The fourth-order valence-electron chi connectivity index (χ4n) is 7.41. The molecular weight excluding hydrogens is 1140 g/mol. The van der Waals surface area contributed by atoms with Crippen molar-refractivity contribution in [3.8, 4) is 11.1 Å².